The zero-order valence-corrected chi connectivity index (χ0v) is 15.3. The highest BCUT2D eigenvalue weighted by molar-refractivity contribution is 5.92. The first-order valence-electron chi connectivity index (χ1n) is 9.22. The summed E-state index contributed by atoms with van der Waals surface area (Å²) < 4.78 is 2.02. The number of likely N-dealkylation sites (tertiary alicyclic amines) is 1. The summed E-state index contributed by atoms with van der Waals surface area (Å²) in [7, 11) is 0. The molecule has 138 valence electrons. The Morgan fingerprint density at radius 1 is 1.23 bits per heavy atom. The fourth-order valence-electron chi connectivity index (χ4n) is 3.29. The van der Waals surface area contributed by atoms with Crippen LogP contribution in [0.2, 0.25) is 0 Å². The number of amides is 2. The van der Waals surface area contributed by atoms with Gasteiger partial charge in [-0.15, -0.1) is 0 Å². The second kappa shape index (κ2) is 8.17. The van der Waals surface area contributed by atoms with Crippen molar-refractivity contribution in [1.82, 2.24) is 19.8 Å². The van der Waals surface area contributed by atoms with E-state index in [1.807, 2.05) is 33.7 Å². The van der Waals surface area contributed by atoms with Crippen molar-refractivity contribution in [2.45, 2.75) is 39.2 Å². The Balaban J connectivity index is 1.71. The van der Waals surface area contributed by atoms with Gasteiger partial charge in [0.25, 0.3) is 0 Å². The zero-order valence-electron chi connectivity index (χ0n) is 15.3. The van der Waals surface area contributed by atoms with Gasteiger partial charge in [-0.1, -0.05) is 18.7 Å². The molecule has 1 aliphatic heterocycles. The third-order valence-corrected chi connectivity index (χ3v) is 4.74. The summed E-state index contributed by atoms with van der Waals surface area (Å²) in [5, 5.41) is 2.84. The van der Waals surface area contributed by atoms with E-state index in [2.05, 4.69) is 11.9 Å². The van der Waals surface area contributed by atoms with Gasteiger partial charge in [-0.2, -0.15) is 0 Å². The van der Waals surface area contributed by atoms with Gasteiger partial charge >= 0.3 is 0 Å². The Bertz CT molecular complexity index is 818. The fourth-order valence-corrected chi connectivity index (χ4v) is 3.29. The Labute approximate surface area is 153 Å². The molecule has 1 aromatic carbocycles. The lowest BCUT2D eigenvalue weighted by molar-refractivity contribution is -0.130. The van der Waals surface area contributed by atoms with Gasteiger partial charge in [0.2, 0.25) is 11.8 Å². The average Bonchev–Trinajstić information content (AvgIpc) is 3.27. The van der Waals surface area contributed by atoms with Crippen molar-refractivity contribution in [2.24, 2.45) is 0 Å². The Morgan fingerprint density at radius 2 is 1.96 bits per heavy atom. The number of nitrogens with one attached hydrogen (secondary N) is 1. The largest absolute Gasteiger partial charge is 0.352 e. The van der Waals surface area contributed by atoms with Gasteiger partial charge in [-0.25, -0.2) is 4.98 Å². The minimum atomic E-state index is -0.122. The molecule has 1 saturated heterocycles. The third kappa shape index (κ3) is 4.12. The number of fused-ring (bicyclic) bond motifs is 1. The highest BCUT2D eigenvalue weighted by Gasteiger charge is 2.20. The normalized spacial score (nSPS) is 14.0. The van der Waals surface area contributed by atoms with Gasteiger partial charge in [-0.3, -0.25) is 9.59 Å². The number of carbonyl (C=O) groups excluding carboxylic acids is 2. The number of aromatic nitrogens is 2. The average molecular weight is 354 g/mol. The molecule has 6 nitrogen and oxygen atoms in total. The van der Waals surface area contributed by atoms with Crippen LogP contribution in [0.4, 0.5) is 0 Å². The maximum absolute atomic E-state index is 12.6. The summed E-state index contributed by atoms with van der Waals surface area (Å²) in [4.78, 5) is 30.8. The summed E-state index contributed by atoms with van der Waals surface area (Å²) in [5.41, 5.74) is 2.40. The predicted octanol–water partition coefficient (Wildman–Crippen LogP) is 2.28. The van der Waals surface area contributed by atoms with E-state index >= 15 is 0 Å². The minimum absolute atomic E-state index is 0.122. The molecule has 0 unspecified atom stereocenters. The molecule has 0 saturated carbocycles. The monoisotopic (exact) mass is 354 g/mol. The van der Waals surface area contributed by atoms with E-state index in [1.165, 1.54) is 0 Å². The van der Waals surface area contributed by atoms with Gasteiger partial charge in [0.15, 0.2) is 0 Å². The van der Waals surface area contributed by atoms with E-state index in [-0.39, 0.29) is 11.8 Å². The number of hydrogen-bond donors (Lipinski definition) is 1. The third-order valence-electron chi connectivity index (χ3n) is 4.74. The van der Waals surface area contributed by atoms with Crippen LogP contribution in [-0.2, 0) is 22.6 Å². The molecule has 1 aromatic heterocycles. The van der Waals surface area contributed by atoms with Gasteiger partial charge in [-0.05, 0) is 38.3 Å². The van der Waals surface area contributed by atoms with Crippen LogP contribution in [0, 0.1) is 0 Å². The second-order valence-corrected chi connectivity index (χ2v) is 6.83. The van der Waals surface area contributed by atoms with E-state index in [1.54, 1.807) is 6.92 Å². The molecule has 0 spiro atoms. The minimum Gasteiger partial charge on any atom is -0.352 e. The smallest absolute Gasteiger partial charge is 0.246 e. The first kappa shape index (κ1) is 18.2. The summed E-state index contributed by atoms with van der Waals surface area (Å²) in [5.74, 6) is 0.925. The lowest BCUT2D eigenvalue weighted by Gasteiger charge is -2.17. The molecule has 0 atom stereocenters. The number of carbonyl (C=O) groups is 2. The van der Waals surface area contributed by atoms with Crippen molar-refractivity contribution in [3.63, 3.8) is 0 Å². The van der Waals surface area contributed by atoms with Crippen LogP contribution >= 0.6 is 0 Å². The molecular formula is C20H26N4O2. The Hall–Kier alpha value is -2.63. The van der Waals surface area contributed by atoms with E-state index in [4.69, 9.17) is 4.98 Å². The molecule has 3 rings (SSSR count). The number of nitrogens with zero attached hydrogens (tertiary/aromatic N) is 3. The topological polar surface area (TPSA) is 67.2 Å². The molecule has 1 N–H and O–H groups in total. The fraction of sp³-hybridized carbons (Fsp3) is 0.450. The van der Waals surface area contributed by atoms with Crippen LogP contribution in [0.5, 0.6) is 0 Å². The van der Waals surface area contributed by atoms with Crippen LogP contribution in [0.15, 0.2) is 36.4 Å². The van der Waals surface area contributed by atoms with Crippen LogP contribution in [-0.4, -0.2) is 45.9 Å². The first-order valence-corrected chi connectivity index (χ1v) is 9.22. The van der Waals surface area contributed by atoms with E-state index in [0.717, 1.165) is 49.2 Å². The van der Waals surface area contributed by atoms with Crippen LogP contribution in [0.25, 0.3) is 11.0 Å². The lowest BCUT2D eigenvalue weighted by atomic mass is 10.2. The number of benzene rings is 1. The first-order chi connectivity index (χ1) is 12.6. The summed E-state index contributed by atoms with van der Waals surface area (Å²) in [6.45, 7) is 7.93. The molecular weight excluding hydrogens is 328 g/mol. The molecule has 2 heterocycles. The molecule has 26 heavy (non-hydrogen) atoms. The number of rotatable bonds is 7. The summed E-state index contributed by atoms with van der Waals surface area (Å²) in [6, 6.07) is 7.90. The number of imidazole rings is 1. The zero-order chi connectivity index (χ0) is 18.5. The van der Waals surface area contributed by atoms with Gasteiger partial charge in [0, 0.05) is 31.6 Å². The standard InChI is InChI=1S/C20H26N4O2/c1-15(2)20(26)21-11-7-10-18-22-16-8-3-4-9-17(16)24(18)14-19(25)23-12-5-6-13-23/h3-4,8-9H,1,5-7,10-14H2,2H3,(H,21,26). The molecule has 2 amide bonds. The van der Waals surface area contributed by atoms with Crippen molar-refractivity contribution in [2.75, 3.05) is 19.6 Å². The van der Waals surface area contributed by atoms with Crippen LogP contribution in [0.3, 0.4) is 0 Å². The molecule has 6 heteroatoms. The van der Waals surface area contributed by atoms with Gasteiger partial charge in [0.05, 0.1) is 11.0 Å². The van der Waals surface area contributed by atoms with Crippen molar-refractivity contribution < 1.29 is 9.59 Å². The number of aryl methyl sites for hydroxylation is 1. The maximum atomic E-state index is 12.6. The quantitative estimate of drug-likeness (QED) is 0.613. The highest BCUT2D eigenvalue weighted by atomic mass is 16.2. The van der Waals surface area contributed by atoms with Crippen molar-refractivity contribution in [3.05, 3.63) is 42.2 Å². The van der Waals surface area contributed by atoms with E-state index in [9.17, 15) is 9.59 Å². The molecule has 0 bridgehead atoms. The summed E-state index contributed by atoms with van der Waals surface area (Å²) >= 11 is 0. The maximum Gasteiger partial charge on any atom is 0.246 e. The van der Waals surface area contributed by atoms with Crippen molar-refractivity contribution >= 4 is 22.8 Å². The highest BCUT2D eigenvalue weighted by Crippen LogP contribution is 2.18. The van der Waals surface area contributed by atoms with Crippen molar-refractivity contribution in [3.8, 4) is 0 Å². The second-order valence-electron chi connectivity index (χ2n) is 6.83. The number of hydrogen-bond acceptors (Lipinski definition) is 3. The Kier molecular flexibility index (Phi) is 5.71. The molecule has 1 aliphatic rings. The van der Waals surface area contributed by atoms with Crippen LogP contribution < -0.4 is 5.32 Å². The predicted molar refractivity (Wildman–Crippen MR) is 102 cm³/mol. The van der Waals surface area contributed by atoms with Crippen LogP contribution in [0.1, 0.15) is 32.0 Å². The van der Waals surface area contributed by atoms with E-state index in [0.29, 0.717) is 25.1 Å². The molecule has 0 aliphatic carbocycles. The van der Waals surface area contributed by atoms with Gasteiger partial charge in [0.1, 0.15) is 12.4 Å². The lowest BCUT2D eigenvalue weighted by Crippen LogP contribution is -2.31. The molecule has 1 fully saturated rings. The molecule has 0 radical (unpaired) electrons. The summed E-state index contributed by atoms with van der Waals surface area (Å²) in [6.07, 6.45) is 3.65. The van der Waals surface area contributed by atoms with E-state index < -0.39 is 0 Å². The Morgan fingerprint density at radius 3 is 2.69 bits per heavy atom. The van der Waals surface area contributed by atoms with Crippen molar-refractivity contribution in [1.29, 1.82) is 0 Å². The van der Waals surface area contributed by atoms with Gasteiger partial charge < -0.3 is 14.8 Å². The SMILES string of the molecule is C=C(C)C(=O)NCCCc1nc2ccccc2n1CC(=O)N1CCCC1. The molecule has 2 aromatic rings. The number of para-hydroxylation sites is 2.